The van der Waals surface area contributed by atoms with E-state index in [2.05, 4.69) is 36.5 Å². The second-order valence-corrected chi connectivity index (χ2v) is 6.25. The van der Waals surface area contributed by atoms with Gasteiger partial charge in [0, 0.05) is 30.9 Å². The summed E-state index contributed by atoms with van der Waals surface area (Å²) in [5.41, 5.74) is 3.01. The van der Waals surface area contributed by atoms with E-state index in [4.69, 9.17) is 0 Å². The van der Waals surface area contributed by atoms with E-state index in [0.29, 0.717) is 11.7 Å². The summed E-state index contributed by atoms with van der Waals surface area (Å²) >= 11 is 0. The number of carbonyl (C=O) groups excluding carboxylic acids is 1. The summed E-state index contributed by atoms with van der Waals surface area (Å²) in [7, 11) is 1.67. The largest absolute Gasteiger partial charge is 0.354 e. The Kier molecular flexibility index (Phi) is 5.39. The molecule has 0 aromatic carbocycles. The highest BCUT2D eigenvalue weighted by Gasteiger charge is 2.28. The highest BCUT2D eigenvalue weighted by Crippen LogP contribution is 2.25. The predicted octanol–water partition coefficient (Wildman–Crippen LogP) is 1.76. The van der Waals surface area contributed by atoms with Crippen molar-refractivity contribution in [2.45, 2.75) is 59.0 Å². The fourth-order valence-electron chi connectivity index (χ4n) is 3.00. The number of carbonyl (C=O) groups is 1. The van der Waals surface area contributed by atoms with Gasteiger partial charge in [-0.05, 0) is 45.1 Å². The summed E-state index contributed by atoms with van der Waals surface area (Å²) < 4.78 is 1.99. The molecule has 0 saturated heterocycles. The minimum absolute atomic E-state index is 0.0683. The van der Waals surface area contributed by atoms with Crippen LogP contribution in [0.2, 0.25) is 0 Å². The van der Waals surface area contributed by atoms with E-state index in [1.54, 1.807) is 7.05 Å². The van der Waals surface area contributed by atoms with Crippen molar-refractivity contribution in [3.63, 3.8) is 0 Å². The Balaban J connectivity index is 2.11. The SMILES string of the molecule is CCn1nc(C(=O)NC)c2c1CCC(NCCC(C)C)C2. The highest BCUT2D eigenvalue weighted by molar-refractivity contribution is 5.93. The van der Waals surface area contributed by atoms with E-state index in [-0.39, 0.29) is 5.91 Å². The van der Waals surface area contributed by atoms with Gasteiger partial charge in [0.1, 0.15) is 0 Å². The Hall–Kier alpha value is -1.36. The average Bonchev–Trinajstić information content (AvgIpc) is 2.84. The summed E-state index contributed by atoms with van der Waals surface area (Å²) in [6.45, 7) is 8.44. The molecule has 1 aromatic rings. The Labute approximate surface area is 127 Å². The molecule has 1 amide bonds. The number of aromatic nitrogens is 2. The lowest BCUT2D eigenvalue weighted by Crippen LogP contribution is -2.36. The van der Waals surface area contributed by atoms with Crippen LogP contribution in [0.1, 0.15) is 55.4 Å². The molecule has 0 radical (unpaired) electrons. The van der Waals surface area contributed by atoms with E-state index in [9.17, 15) is 4.79 Å². The summed E-state index contributed by atoms with van der Waals surface area (Å²) in [5.74, 6) is 0.655. The molecule has 5 nitrogen and oxygen atoms in total. The van der Waals surface area contributed by atoms with Crippen molar-refractivity contribution in [3.8, 4) is 0 Å². The molecule has 0 spiro atoms. The molecule has 1 unspecified atom stereocenters. The molecule has 1 aliphatic carbocycles. The summed E-state index contributed by atoms with van der Waals surface area (Å²) in [6.07, 6.45) is 4.24. The lowest BCUT2D eigenvalue weighted by Gasteiger charge is -2.24. The molecule has 2 rings (SSSR count). The quantitative estimate of drug-likeness (QED) is 0.840. The molecule has 1 aromatic heterocycles. The van der Waals surface area contributed by atoms with Crippen LogP contribution < -0.4 is 10.6 Å². The second-order valence-electron chi connectivity index (χ2n) is 6.25. The molecule has 0 bridgehead atoms. The molecule has 21 heavy (non-hydrogen) atoms. The zero-order valence-corrected chi connectivity index (χ0v) is 13.7. The van der Waals surface area contributed by atoms with Crippen molar-refractivity contribution in [1.29, 1.82) is 0 Å². The van der Waals surface area contributed by atoms with Crippen LogP contribution in [0.15, 0.2) is 0 Å². The van der Waals surface area contributed by atoms with Crippen LogP contribution in [-0.2, 0) is 19.4 Å². The minimum Gasteiger partial charge on any atom is -0.354 e. The highest BCUT2D eigenvalue weighted by atomic mass is 16.1. The molecule has 1 heterocycles. The fourth-order valence-corrected chi connectivity index (χ4v) is 3.00. The number of amides is 1. The van der Waals surface area contributed by atoms with E-state index < -0.39 is 0 Å². The predicted molar refractivity (Wildman–Crippen MR) is 84.6 cm³/mol. The third kappa shape index (κ3) is 3.64. The first kappa shape index (κ1) is 16.0. The lowest BCUT2D eigenvalue weighted by molar-refractivity contribution is 0.0956. The van der Waals surface area contributed by atoms with Crippen molar-refractivity contribution in [2.75, 3.05) is 13.6 Å². The third-order valence-corrected chi connectivity index (χ3v) is 4.24. The monoisotopic (exact) mass is 292 g/mol. The average molecular weight is 292 g/mol. The first-order chi connectivity index (χ1) is 10.1. The number of hydrogen-bond donors (Lipinski definition) is 2. The standard InChI is InChI=1S/C16H28N4O/c1-5-20-14-7-6-12(18-9-8-11(2)3)10-13(14)15(19-20)16(21)17-4/h11-12,18H,5-10H2,1-4H3,(H,17,21). The summed E-state index contributed by atoms with van der Waals surface area (Å²) in [6, 6.07) is 0.467. The van der Waals surface area contributed by atoms with Crippen LogP contribution in [-0.4, -0.2) is 35.3 Å². The van der Waals surface area contributed by atoms with E-state index in [1.807, 2.05) is 4.68 Å². The fraction of sp³-hybridized carbons (Fsp3) is 0.750. The molecule has 5 heteroatoms. The molecule has 2 N–H and O–H groups in total. The van der Waals surface area contributed by atoms with Crippen LogP contribution in [0.3, 0.4) is 0 Å². The van der Waals surface area contributed by atoms with Gasteiger partial charge < -0.3 is 10.6 Å². The number of nitrogens with zero attached hydrogens (tertiary/aromatic N) is 2. The number of fused-ring (bicyclic) bond motifs is 1. The molecular weight excluding hydrogens is 264 g/mol. The van der Waals surface area contributed by atoms with Gasteiger partial charge in [0.2, 0.25) is 0 Å². The van der Waals surface area contributed by atoms with Crippen LogP contribution in [0.5, 0.6) is 0 Å². The Morgan fingerprint density at radius 2 is 2.24 bits per heavy atom. The number of aryl methyl sites for hydroxylation is 1. The molecular formula is C16H28N4O. The van der Waals surface area contributed by atoms with Crippen molar-refractivity contribution >= 4 is 5.91 Å². The number of nitrogens with one attached hydrogen (secondary N) is 2. The molecule has 0 saturated carbocycles. The molecule has 1 aliphatic rings. The van der Waals surface area contributed by atoms with Crippen LogP contribution >= 0.6 is 0 Å². The first-order valence-corrected chi connectivity index (χ1v) is 8.10. The van der Waals surface area contributed by atoms with Crippen molar-refractivity contribution in [3.05, 3.63) is 17.0 Å². The first-order valence-electron chi connectivity index (χ1n) is 8.10. The van der Waals surface area contributed by atoms with E-state index in [1.165, 1.54) is 12.1 Å². The Bertz CT molecular complexity index is 493. The summed E-state index contributed by atoms with van der Waals surface area (Å²) in [4.78, 5) is 12.0. The maximum absolute atomic E-state index is 12.0. The van der Waals surface area contributed by atoms with Gasteiger partial charge in [-0.2, -0.15) is 5.10 Å². The van der Waals surface area contributed by atoms with Crippen molar-refractivity contribution in [1.82, 2.24) is 20.4 Å². The van der Waals surface area contributed by atoms with Crippen LogP contribution in [0, 0.1) is 5.92 Å². The Morgan fingerprint density at radius 3 is 2.86 bits per heavy atom. The number of rotatable bonds is 6. The van der Waals surface area contributed by atoms with Gasteiger partial charge in [-0.3, -0.25) is 9.48 Å². The zero-order valence-electron chi connectivity index (χ0n) is 13.7. The second kappa shape index (κ2) is 7.07. The third-order valence-electron chi connectivity index (χ3n) is 4.24. The van der Waals surface area contributed by atoms with Gasteiger partial charge in [0.25, 0.3) is 5.91 Å². The van der Waals surface area contributed by atoms with Crippen molar-refractivity contribution < 1.29 is 4.79 Å². The smallest absolute Gasteiger partial charge is 0.271 e. The van der Waals surface area contributed by atoms with Gasteiger partial charge >= 0.3 is 0 Å². The van der Waals surface area contributed by atoms with Gasteiger partial charge in [0.05, 0.1) is 0 Å². The molecule has 0 fully saturated rings. The summed E-state index contributed by atoms with van der Waals surface area (Å²) in [5, 5.41) is 10.8. The van der Waals surface area contributed by atoms with E-state index in [0.717, 1.165) is 43.8 Å². The minimum atomic E-state index is -0.0683. The molecule has 118 valence electrons. The lowest BCUT2D eigenvalue weighted by atomic mass is 9.91. The van der Waals surface area contributed by atoms with E-state index >= 15 is 0 Å². The normalized spacial score (nSPS) is 17.9. The maximum atomic E-state index is 12.0. The zero-order chi connectivity index (χ0) is 15.4. The van der Waals surface area contributed by atoms with Crippen molar-refractivity contribution in [2.24, 2.45) is 5.92 Å². The van der Waals surface area contributed by atoms with Gasteiger partial charge in [-0.1, -0.05) is 13.8 Å². The van der Waals surface area contributed by atoms with Gasteiger partial charge in [0.15, 0.2) is 5.69 Å². The topological polar surface area (TPSA) is 59.0 Å². The Morgan fingerprint density at radius 1 is 1.48 bits per heavy atom. The van der Waals surface area contributed by atoms with Crippen LogP contribution in [0.4, 0.5) is 0 Å². The maximum Gasteiger partial charge on any atom is 0.271 e. The van der Waals surface area contributed by atoms with Gasteiger partial charge in [-0.15, -0.1) is 0 Å². The molecule has 1 atom stereocenters. The molecule has 0 aliphatic heterocycles. The number of hydrogen-bond acceptors (Lipinski definition) is 3. The van der Waals surface area contributed by atoms with Crippen LogP contribution in [0.25, 0.3) is 0 Å². The van der Waals surface area contributed by atoms with Gasteiger partial charge in [-0.25, -0.2) is 0 Å².